The van der Waals surface area contributed by atoms with Crippen molar-refractivity contribution in [3.05, 3.63) is 35.9 Å². The highest BCUT2D eigenvalue weighted by Crippen LogP contribution is 2.04. The molecule has 0 spiro atoms. The van der Waals surface area contributed by atoms with E-state index in [1.165, 1.54) is 5.56 Å². The Hall–Kier alpha value is -1.19. The van der Waals surface area contributed by atoms with Crippen LogP contribution < -0.4 is 5.43 Å². The van der Waals surface area contributed by atoms with Gasteiger partial charge in [0.25, 0.3) is 0 Å². The van der Waals surface area contributed by atoms with Crippen molar-refractivity contribution in [1.82, 2.24) is 10.4 Å². The van der Waals surface area contributed by atoms with E-state index in [0.29, 0.717) is 13.1 Å². The van der Waals surface area contributed by atoms with Gasteiger partial charge in [0.15, 0.2) is 5.78 Å². The van der Waals surface area contributed by atoms with E-state index in [4.69, 9.17) is 0 Å². The fourth-order valence-corrected chi connectivity index (χ4v) is 1.44. The number of nitrogens with one attached hydrogen (secondary N) is 1. The molecule has 1 aliphatic rings. The molecule has 0 aliphatic carbocycles. The number of hydrogen-bond acceptors (Lipinski definition) is 3. The van der Waals surface area contributed by atoms with E-state index in [-0.39, 0.29) is 5.78 Å². The van der Waals surface area contributed by atoms with Crippen LogP contribution in [-0.4, -0.2) is 23.9 Å². The highest BCUT2D eigenvalue weighted by Gasteiger charge is 2.17. The van der Waals surface area contributed by atoms with E-state index in [1.807, 2.05) is 23.2 Å². The number of nitrogens with zero attached hydrogens (tertiary/aromatic N) is 1. The molecule has 0 atom stereocenters. The van der Waals surface area contributed by atoms with E-state index in [9.17, 15) is 4.79 Å². The van der Waals surface area contributed by atoms with Crippen LogP contribution in [0.25, 0.3) is 0 Å². The Morgan fingerprint density at radius 1 is 1.31 bits per heavy atom. The quantitative estimate of drug-likeness (QED) is 0.715. The molecule has 1 aromatic rings. The Labute approximate surface area is 77.3 Å². The second-order valence-corrected chi connectivity index (χ2v) is 3.22. The van der Waals surface area contributed by atoms with E-state index in [2.05, 4.69) is 17.6 Å². The van der Waals surface area contributed by atoms with Gasteiger partial charge >= 0.3 is 0 Å². The van der Waals surface area contributed by atoms with Crippen LogP contribution in [0.1, 0.15) is 5.56 Å². The summed E-state index contributed by atoms with van der Waals surface area (Å²) in [4.78, 5) is 10.9. The predicted molar refractivity (Wildman–Crippen MR) is 49.9 cm³/mol. The maximum Gasteiger partial charge on any atom is 0.163 e. The van der Waals surface area contributed by atoms with Gasteiger partial charge in [-0.2, -0.15) is 0 Å². The molecule has 13 heavy (non-hydrogen) atoms. The molecule has 0 bridgehead atoms. The number of Topliss-reactive ketones (excluding diaryl/α,β-unsaturated/α-hetero) is 1. The highest BCUT2D eigenvalue weighted by molar-refractivity contribution is 5.83. The van der Waals surface area contributed by atoms with Crippen molar-refractivity contribution < 1.29 is 4.79 Å². The number of benzene rings is 1. The minimum Gasteiger partial charge on any atom is -0.297 e. The van der Waals surface area contributed by atoms with Gasteiger partial charge in [-0.1, -0.05) is 30.3 Å². The topological polar surface area (TPSA) is 32.3 Å². The molecule has 0 amide bonds. The molecule has 68 valence electrons. The summed E-state index contributed by atoms with van der Waals surface area (Å²) in [5.41, 5.74) is 4.27. The van der Waals surface area contributed by atoms with Crippen molar-refractivity contribution >= 4 is 5.78 Å². The molecular weight excluding hydrogens is 164 g/mol. The minimum atomic E-state index is 0.260. The second kappa shape index (κ2) is 3.68. The summed E-state index contributed by atoms with van der Waals surface area (Å²) >= 11 is 0. The van der Waals surface area contributed by atoms with Gasteiger partial charge in [-0.15, -0.1) is 0 Å². The van der Waals surface area contributed by atoms with Gasteiger partial charge in [0.05, 0.1) is 13.1 Å². The van der Waals surface area contributed by atoms with Crippen LogP contribution in [0.15, 0.2) is 30.3 Å². The zero-order chi connectivity index (χ0) is 9.10. The summed E-state index contributed by atoms with van der Waals surface area (Å²) < 4.78 is 0. The lowest BCUT2D eigenvalue weighted by atomic mass is 10.2. The zero-order valence-corrected chi connectivity index (χ0v) is 7.36. The molecule has 1 aliphatic heterocycles. The molecule has 1 saturated heterocycles. The molecule has 2 rings (SSSR count). The molecule has 0 aromatic heterocycles. The van der Waals surface area contributed by atoms with Gasteiger partial charge in [-0.3, -0.25) is 4.79 Å². The lowest BCUT2D eigenvalue weighted by Crippen LogP contribution is -2.29. The largest absolute Gasteiger partial charge is 0.297 e. The van der Waals surface area contributed by atoms with Crippen molar-refractivity contribution in [3.63, 3.8) is 0 Å². The van der Waals surface area contributed by atoms with Crippen molar-refractivity contribution in [2.75, 3.05) is 13.1 Å². The highest BCUT2D eigenvalue weighted by atomic mass is 16.1. The first kappa shape index (κ1) is 8.41. The van der Waals surface area contributed by atoms with Gasteiger partial charge < -0.3 is 0 Å². The van der Waals surface area contributed by atoms with Gasteiger partial charge in [0.1, 0.15) is 0 Å². The fourth-order valence-electron chi connectivity index (χ4n) is 1.44. The zero-order valence-electron chi connectivity index (χ0n) is 7.36. The lowest BCUT2D eigenvalue weighted by Gasteiger charge is -2.13. The first-order chi connectivity index (χ1) is 6.34. The van der Waals surface area contributed by atoms with E-state index >= 15 is 0 Å². The Morgan fingerprint density at radius 3 is 2.69 bits per heavy atom. The molecule has 3 heteroatoms. The summed E-state index contributed by atoms with van der Waals surface area (Å²) in [6.07, 6.45) is 0. The summed E-state index contributed by atoms with van der Waals surface area (Å²) in [5, 5.41) is 1.94. The van der Waals surface area contributed by atoms with Gasteiger partial charge in [-0.25, -0.2) is 10.4 Å². The number of rotatable bonds is 2. The van der Waals surface area contributed by atoms with Crippen molar-refractivity contribution in [2.45, 2.75) is 6.54 Å². The average Bonchev–Trinajstić information content (AvgIpc) is 2.53. The number of hydrazine groups is 1. The number of hydrogen-bond donors (Lipinski definition) is 1. The van der Waals surface area contributed by atoms with Crippen molar-refractivity contribution in [3.8, 4) is 0 Å². The third kappa shape index (κ3) is 2.14. The summed E-state index contributed by atoms with van der Waals surface area (Å²) in [5.74, 6) is 0.260. The van der Waals surface area contributed by atoms with Crippen LogP contribution in [0, 0.1) is 0 Å². The maximum absolute atomic E-state index is 10.9. The first-order valence-electron chi connectivity index (χ1n) is 4.39. The van der Waals surface area contributed by atoms with Crippen LogP contribution in [-0.2, 0) is 11.3 Å². The molecule has 0 saturated carbocycles. The molecule has 1 heterocycles. The number of carbonyl (C=O) groups is 1. The van der Waals surface area contributed by atoms with E-state index in [0.717, 1.165) is 6.54 Å². The smallest absolute Gasteiger partial charge is 0.163 e. The van der Waals surface area contributed by atoms with Gasteiger partial charge in [-0.05, 0) is 5.56 Å². The first-order valence-corrected chi connectivity index (χ1v) is 4.39. The Morgan fingerprint density at radius 2 is 2.08 bits per heavy atom. The normalized spacial score (nSPS) is 18.0. The predicted octanol–water partition coefficient (Wildman–Crippen LogP) is 0.576. The molecule has 3 nitrogen and oxygen atoms in total. The molecule has 1 aromatic carbocycles. The standard InChI is InChI=1S/C10H12N2O/c13-10-6-11-12(8-10)7-9-4-2-1-3-5-9/h1-5,11H,6-8H2. The third-order valence-electron chi connectivity index (χ3n) is 2.08. The molecule has 0 radical (unpaired) electrons. The average molecular weight is 176 g/mol. The van der Waals surface area contributed by atoms with Crippen LogP contribution in [0.2, 0.25) is 0 Å². The third-order valence-corrected chi connectivity index (χ3v) is 2.08. The summed E-state index contributed by atoms with van der Waals surface area (Å²) in [6, 6.07) is 10.1. The van der Waals surface area contributed by atoms with Crippen LogP contribution in [0.4, 0.5) is 0 Å². The van der Waals surface area contributed by atoms with E-state index < -0.39 is 0 Å². The fraction of sp³-hybridized carbons (Fsp3) is 0.300. The monoisotopic (exact) mass is 176 g/mol. The molecule has 0 unspecified atom stereocenters. The summed E-state index contributed by atoms with van der Waals surface area (Å²) in [6.45, 7) is 1.80. The van der Waals surface area contributed by atoms with Crippen LogP contribution in [0.3, 0.4) is 0 Å². The molecule has 1 N–H and O–H groups in total. The van der Waals surface area contributed by atoms with Crippen LogP contribution in [0.5, 0.6) is 0 Å². The Balaban J connectivity index is 1.96. The maximum atomic E-state index is 10.9. The SMILES string of the molecule is O=C1CNN(Cc2ccccc2)C1. The van der Waals surface area contributed by atoms with Crippen molar-refractivity contribution in [2.24, 2.45) is 0 Å². The molecular formula is C10H12N2O. The Bertz CT molecular complexity index is 297. The van der Waals surface area contributed by atoms with Crippen molar-refractivity contribution in [1.29, 1.82) is 0 Å². The van der Waals surface area contributed by atoms with Crippen LogP contribution >= 0.6 is 0 Å². The number of carbonyl (C=O) groups excluding carboxylic acids is 1. The van der Waals surface area contributed by atoms with Gasteiger partial charge in [0.2, 0.25) is 0 Å². The lowest BCUT2D eigenvalue weighted by molar-refractivity contribution is -0.116. The van der Waals surface area contributed by atoms with Gasteiger partial charge in [0, 0.05) is 6.54 Å². The van der Waals surface area contributed by atoms with E-state index in [1.54, 1.807) is 0 Å². The Kier molecular flexibility index (Phi) is 2.38. The number of ketones is 1. The minimum absolute atomic E-state index is 0.260. The molecule has 1 fully saturated rings. The second-order valence-electron chi connectivity index (χ2n) is 3.22. The summed E-state index contributed by atoms with van der Waals surface area (Å²) in [7, 11) is 0.